The van der Waals surface area contributed by atoms with Gasteiger partial charge in [0.05, 0.1) is 0 Å². The van der Waals surface area contributed by atoms with E-state index >= 15 is 0 Å². The smallest absolute Gasteiger partial charge is 0.178 e. The molecular weight excluding hydrogens is 241 g/mol. The highest BCUT2D eigenvalue weighted by atomic mass is 32.1. The van der Waals surface area contributed by atoms with Gasteiger partial charge in [-0.15, -0.1) is 11.3 Å². The van der Waals surface area contributed by atoms with Crippen molar-refractivity contribution in [1.82, 2.24) is 4.98 Å². The molecule has 0 radical (unpaired) electrons. The SMILES string of the molecule is CC(=O)c1csc(COc2ccccc2F)n1. The summed E-state index contributed by atoms with van der Waals surface area (Å²) >= 11 is 1.32. The number of halogens is 1. The zero-order valence-electron chi connectivity index (χ0n) is 9.14. The quantitative estimate of drug-likeness (QED) is 0.784. The number of rotatable bonds is 4. The maximum Gasteiger partial charge on any atom is 0.178 e. The maximum absolute atomic E-state index is 13.2. The molecule has 0 saturated carbocycles. The molecular formula is C12H10FNO2S. The highest BCUT2D eigenvalue weighted by Crippen LogP contribution is 2.18. The van der Waals surface area contributed by atoms with Gasteiger partial charge in [-0.05, 0) is 12.1 Å². The molecule has 2 aromatic rings. The van der Waals surface area contributed by atoms with Crippen LogP contribution in [0.4, 0.5) is 4.39 Å². The summed E-state index contributed by atoms with van der Waals surface area (Å²) in [5, 5.41) is 2.32. The molecule has 0 saturated heterocycles. The summed E-state index contributed by atoms with van der Waals surface area (Å²) < 4.78 is 18.5. The lowest BCUT2D eigenvalue weighted by atomic mass is 10.3. The van der Waals surface area contributed by atoms with Gasteiger partial charge >= 0.3 is 0 Å². The number of para-hydroxylation sites is 1. The minimum absolute atomic E-state index is 0.0848. The van der Waals surface area contributed by atoms with Crippen molar-refractivity contribution in [2.24, 2.45) is 0 Å². The summed E-state index contributed by atoms with van der Waals surface area (Å²) in [5.74, 6) is -0.304. The molecule has 0 unspecified atom stereocenters. The topological polar surface area (TPSA) is 39.2 Å². The van der Waals surface area contributed by atoms with Gasteiger partial charge in [0.2, 0.25) is 0 Å². The summed E-state index contributed by atoms with van der Waals surface area (Å²) in [7, 11) is 0. The normalized spacial score (nSPS) is 10.2. The van der Waals surface area contributed by atoms with Crippen molar-refractivity contribution in [2.75, 3.05) is 0 Å². The molecule has 0 aliphatic carbocycles. The van der Waals surface area contributed by atoms with Crippen LogP contribution in [0, 0.1) is 5.82 Å². The van der Waals surface area contributed by atoms with Crippen LogP contribution < -0.4 is 4.74 Å². The molecule has 0 amide bonds. The number of hydrogen-bond donors (Lipinski definition) is 0. The van der Waals surface area contributed by atoms with E-state index in [1.165, 1.54) is 24.3 Å². The zero-order valence-corrected chi connectivity index (χ0v) is 9.96. The molecule has 3 nitrogen and oxygen atoms in total. The Labute approximate surface area is 102 Å². The van der Waals surface area contributed by atoms with Crippen LogP contribution in [0.25, 0.3) is 0 Å². The number of Topliss-reactive ketones (excluding diaryl/α,β-unsaturated/α-hetero) is 1. The lowest BCUT2D eigenvalue weighted by Crippen LogP contribution is -1.98. The van der Waals surface area contributed by atoms with Gasteiger partial charge < -0.3 is 4.74 Å². The monoisotopic (exact) mass is 251 g/mol. The average Bonchev–Trinajstić information content (AvgIpc) is 2.77. The number of ether oxygens (including phenoxy) is 1. The summed E-state index contributed by atoms with van der Waals surface area (Å²) in [6, 6.07) is 6.17. The Morgan fingerprint density at radius 3 is 2.88 bits per heavy atom. The van der Waals surface area contributed by atoms with Crippen LogP contribution in [0.15, 0.2) is 29.6 Å². The van der Waals surface area contributed by atoms with E-state index in [4.69, 9.17) is 4.74 Å². The number of carbonyl (C=O) groups excluding carboxylic acids is 1. The van der Waals surface area contributed by atoms with Gasteiger partial charge in [-0.3, -0.25) is 4.79 Å². The summed E-state index contributed by atoms with van der Waals surface area (Å²) in [6.07, 6.45) is 0. The Morgan fingerprint density at radius 2 is 2.24 bits per heavy atom. The molecule has 0 spiro atoms. The van der Waals surface area contributed by atoms with Gasteiger partial charge in [-0.1, -0.05) is 12.1 Å². The van der Waals surface area contributed by atoms with Crippen molar-refractivity contribution in [3.05, 3.63) is 46.2 Å². The molecule has 88 valence electrons. The number of ketones is 1. The number of carbonyl (C=O) groups is 1. The fraction of sp³-hybridized carbons (Fsp3) is 0.167. The second-order valence-electron chi connectivity index (χ2n) is 3.40. The molecule has 5 heteroatoms. The molecule has 1 aromatic heterocycles. The standard InChI is InChI=1S/C12H10FNO2S/c1-8(15)10-7-17-12(14-10)6-16-11-5-3-2-4-9(11)13/h2-5,7H,6H2,1H3. The predicted octanol–water partition coefficient (Wildman–Crippen LogP) is 3.06. The van der Waals surface area contributed by atoms with E-state index in [1.807, 2.05) is 0 Å². The fourth-order valence-corrected chi connectivity index (χ4v) is 1.98. The van der Waals surface area contributed by atoms with Crippen molar-refractivity contribution in [3.63, 3.8) is 0 Å². The molecule has 0 atom stereocenters. The molecule has 0 N–H and O–H groups in total. The molecule has 0 aliphatic heterocycles. The molecule has 0 bridgehead atoms. The first-order chi connectivity index (χ1) is 8.16. The third-order valence-electron chi connectivity index (χ3n) is 2.10. The van der Waals surface area contributed by atoms with Gasteiger partial charge in [-0.2, -0.15) is 0 Å². The maximum atomic E-state index is 13.2. The van der Waals surface area contributed by atoms with E-state index < -0.39 is 5.82 Å². The van der Waals surface area contributed by atoms with Crippen molar-refractivity contribution >= 4 is 17.1 Å². The van der Waals surface area contributed by atoms with E-state index in [2.05, 4.69) is 4.98 Å². The van der Waals surface area contributed by atoms with Crippen molar-refractivity contribution in [1.29, 1.82) is 0 Å². The number of thiazole rings is 1. The molecule has 0 aliphatic rings. The van der Waals surface area contributed by atoms with Crippen LogP contribution in [0.2, 0.25) is 0 Å². The molecule has 1 heterocycles. The predicted molar refractivity (Wildman–Crippen MR) is 62.9 cm³/mol. The van der Waals surface area contributed by atoms with Crippen LogP contribution in [0.1, 0.15) is 22.4 Å². The van der Waals surface area contributed by atoms with Gasteiger partial charge in [0, 0.05) is 12.3 Å². The number of hydrogen-bond acceptors (Lipinski definition) is 4. The van der Waals surface area contributed by atoms with E-state index in [0.717, 1.165) is 0 Å². The lowest BCUT2D eigenvalue weighted by Gasteiger charge is -2.04. The van der Waals surface area contributed by atoms with E-state index in [9.17, 15) is 9.18 Å². The number of benzene rings is 1. The van der Waals surface area contributed by atoms with E-state index in [0.29, 0.717) is 10.7 Å². The Balaban J connectivity index is 2.02. The van der Waals surface area contributed by atoms with Crippen LogP contribution in [0.5, 0.6) is 5.75 Å². The summed E-state index contributed by atoms with van der Waals surface area (Å²) in [5.41, 5.74) is 0.419. The minimum Gasteiger partial charge on any atom is -0.483 e. The third kappa shape index (κ3) is 2.88. The largest absolute Gasteiger partial charge is 0.483 e. The lowest BCUT2D eigenvalue weighted by molar-refractivity contribution is 0.101. The first-order valence-corrected chi connectivity index (χ1v) is 5.87. The minimum atomic E-state index is -0.407. The van der Waals surface area contributed by atoms with Crippen LogP contribution in [-0.2, 0) is 6.61 Å². The van der Waals surface area contributed by atoms with Crippen LogP contribution in [0.3, 0.4) is 0 Å². The van der Waals surface area contributed by atoms with Crippen LogP contribution >= 0.6 is 11.3 Å². The van der Waals surface area contributed by atoms with Crippen molar-refractivity contribution < 1.29 is 13.9 Å². The van der Waals surface area contributed by atoms with Gasteiger partial charge in [0.1, 0.15) is 17.3 Å². The third-order valence-corrected chi connectivity index (χ3v) is 2.92. The molecule has 0 fully saturated rings. The van der Waals surface area contributed by atoms with E-state index in [-0.39, 0.29) is 18.1 Å². The zero-order chi connectivity index (χ0) is 12.3. The first-order valence-electron chi connectivity index (χ1n) is 4.99. The molecule has 1 aromatic carbocycles. The van der Waals surface area contributed by atoms with E-state index in [1.54, 1.807) is 23.6 Å². The second-order valence-corrected chi connectivity index (χ2v) is 4.34. The van der Waals surface area contributed by atoms with Gasteiger partial charge in [0.15, 0.2) is 17.3 Å². The summed E-state index contributed by atoms with van der Waals surface area (Å²) in [4.78, 5) is 15.1. The van der Waals surface area contributed by atoms with Crippen LogP contribution in [-0.4, -0.2) is 10.8 Å². The Kier molecular flexibility index (Phi) is 3.49. The first kappa shape index (κ1) is 11.7. The average molecular weight is 251 g/mol. The van der Waals surface area contributed by atoms with Gasteiger partial charge in [0.25, 0.3) is 0 Å². The fourth-order valence-electron chi connectivity index (χ4n) is 1.24. The number of nitrogens with zero attached hydrogens (tertiary/aromatic N) is 1. The number of aromatic nitrogens is 1. The second kappa shape index (κ2) is 5.05. The summed E-state index contributed by atoms with van der Waals surface area (Å²) in [6.45, 7) is 1.62. The molecule has 2 rings (SSSR count). The Bertz CT molecular complexity index is 539. The molecule has 17 heavy (non-hydrogen) atoms. The van der Waals surface area contributed by atoms with Crippen molar-refractivity contribution in [2.45, 2.75) is 13.5 Å². The highest BCUT2D eigenvalue weighted by Gasteiger charge is 2.07. The highest BCUT2D eigenvalue weighted by molar-refractivity contribution is 7.09. The van der Waals surface area contributed by atoms with Crippen molar-refractivity contribution in [3.8, 4) is 5.75 Å². The Morgan fingerprint density at radius 1 is 1.47 bits per heavy atom. The van der Waals surface area contributed by atoms with Gasteiger partial charge in [-0.25, -0.2) is 9.37 Å². The Hall–Kier alpha value is -1.75.